The smallest absolute Gasteiger partial charge is 0.336 e. The first-order valence-electron chi connectivity index (χ1n) is 10.2. The molecule has 1 aliphatic carbocycles. The zero-order valence-electron chi connectivity index (χ0n) is 19.0. The minimum absolute atomic E-state index is 0.223. The summed E-state index contributed by atoms with van der Waals surface area (Å²) in [6.07, 6.45) is 3.60. The molecular formula is C24H27ClN2O6. The van der Waals surface area contributed by atoms with Gasteiger partial charge in [0.1, 0.15) is 18.4 Å². The lowest BCUT2D eigenvalue weighted by Gasteiger charge is -2.36. The van der Waals surface area contributed by atoms with Crippen LogP contribution in [0.5, 0.6) is 5.75 Å². The number of allylic oxidation sites excluding steroid dienone is 1. The largest absolute Gasteiger partial charge is 0.493 e. The molecule has 2 aromatic rings. The summed E-state index contributed by atoms with van der Waals surface area (Å²) < 4.78 is 23.2. The summed E-state index contributed by atoms with van der Waals surface area (Å²) in [5.74, 6) is 0.485. The fourth-order valence-electron chi connectivity index (χ4n) is 3.89. The number of methoxy groups -OCH3 is 3. The van der Waals surface area contributed by atoms with Crippen molar-refractivity contribution in [1.82, 2.24) is 4.57 Å². The molecule has 8 nitrogen and oxygen atoms in total. The van der Waals surface area contributed by atoms with Crippen LogP contribution in [0.2, 0.25) is 5.02 Å². The zero-order valence-corrected chi connectivity index (χ0v) is 19.7. The first-order valence-corrected chi connectivity index (χ1v) is 10.6. The third-order valence-electron chi connectivity index (χ3n) is 5.56. The normalized spacial score (nSPS) is 18.6. The number of carbonyl (C=O) groups excluding carboxylic acids is 2. The number of hydrogen-bond acceptors (Lipinski definition) is 7. The molecule has 33 heavy (non-hydrogen) atoms. The average Bonchev–Trinajstić information content (AvgIpc) is 3.23. The molecule has 0 bridgehead atoms. The van der Waals surface area contributed by atoms with E-state index in [1.165, 1.54) is 21.3 Å². The molecule has 3 rings (SSSR count). The van der Waals surface area contributed by atoms with E-state index >= 15 is 0 Å². The van der Waals surface area contributed by atoms with E-state index in [1.54, 1.807) is 53.1 Å². The highest BCUT2D eigenvalue weighted by Crippen LogP contribution is 2.38. The summed E-state index contributed by atoms with van der Waals surface area (Å²) in [6, 6.07) is 9.14. The van der Waals surface area contributed by atoms with Crippen molar-refractivity contribution in [3.05, 3.63) is 76.5 Å². The van der Waals surface area contributed by atoms with Crippen LogP contribution >= 0.6 is 11.6 Å². The SMILES string of the molecule is COC(=O)C1(n2c(C)ccc2C(N)C(=O)COc2ccc(Cl)cc2)C=C(OC)C(OC)=CC1. The lowest BCUT2D eigenvalue weighted by atomic mass is 9.88. The average molecular weight is 475 g/mol. The second-order valence-electron chi connectivity index (χ2n) is 7.53. The van der Waals surface area contributed by atoms with Crippen LogP contribution < -0.4 is 10.5 Å². The van der Waals surface area contributed by atoms with Crippen molar-refractivity contribution in [2.45, 2.75) is 24.9 Å². The van der Waals surface area contributed by atoms with Crippen molar-refractivity contribution < 1.29 is 28.5 Å². The number of carbonyl (C=O) groups is 2. The van der Waals surface area contributed by atoms with Gasteiger partial charge in [-0.25, -0.2) is 4.79 Å². The molecule has 0 fully saturated rings. The van der Waals surface area contributed by atoms with Gasteiger partial charge in [0.25, 0.3) is 0 Å². The molecule has 2 atom stereocenters. The fraction of sp³-hybridized carbons (Fsp3) is 0.333. The van der Waals surface area contributed by atoms with E-state index in [9.17, 15) is 9.59 Å². The van der Waals surface area contributed by atoms with Gasteiger partial charge >= 0.3 is 5.97 Å². The van der Waals surface area contributed by atoms with Gasteiger partial charge in [0.2, 0.25) is 0 Å². The summed E-state index contributed by atoms with van der Waals surface area (Å²) in [6.45, 7) is 1.58. The van der Waals surface area contributed by atoms with Crippen molar-refractivity contribution in [3.8, 4) is 5.75 Å². The molecule has 0 aliphatic heterocycles. The number of halogens is 1. The van der Waals surface area contributed by atoms with Crippen molar-refractivity contribution in [3.63, 3.8) is 0 Å². The summed E-state index contributed by atoms with van der Waals surface area (Å²) >= 11 is 5.88. The van der Waals surface area contributed by atoms with E-state index < -0.39 is 17.6 Å². The maximum atomic E-state index is 13.1. The van der Waals surface area contributed by atoms with Gasteiger partial charge in [0, 0.05) is 22.8 Å². The van der Waals surface area contributed by atoms with Crippen LogP contribution in [0.15, 0.2) is 60.1 Å². The Morgan fingerprint density at radius 1 is 1.09 bits per heavy atom. The number of hydrogen-bond donors (Lipinski definition) is 1. The van der Waals surface area contributed by atoms with Gasteiger partial charge < -0.3 is 29.2 Å². The highest BCUT2D eigenvalue weighted by molar-refractivity contribution is 6.30. The third kappa shape index (κ3) is 4.77. The maximum absolute atomic E-state index is 13.1. The Balaban J connectivity index is 1.95. The van der Waals surface area contributed by atoms with Crippen LogP contribution in [0.4, 0.5) is 0 Å². The number of nitrogens with zero attached hydrogens (tertiary/aromatic N) is 1. The molecule has 1 aliphatic rings. The summed E-state index contributed by atoms with van der Waals surface area (Å²) in [5.41, 5.74) is 6.22. The fourth-order valence-corrected chi connectivity index (χ4v) is 4.02. The number of Topliss-reactive ketones (excluding diaryl/α,β-unsaturated/α-hetero) is 1. The Morgan fingerprint density at radius 3 is 2.36 bits per heavy atom. The minimum Gasteiger partial charge on any atom is -0.493 e. The first kappa shape index (κ1) is 24.4. The van der Waals surface area contributed by atoms with Crippen LogP contribution in [0, 0.1) is 6.92 Å². The van der Waals surface area contributed by atoms with Crippen molar-refractivity contribution in [2.75, 3.05) is 27.9 Å². The number of esters is 1. The van der Waals surface area contributed by atoms with E-state index in [0.717, 1.165) is 5.69 Å². The van der Waals surface area contributed by atoms with Gasteiger partial charge in [-0.15, -0.1) is 0 Å². The highest BCUT2D eigenvalue weighted by atomic mass is 35.5. The van der Waals surface area contributed by atoms with Gasteiger partial charge in [-0.3, -0.25) is 4.79 Å². The number of rotatable bonds is 9. The van der Waals surface area contributed by atoms with Crippen LogP contribution in [-0.4, -0.2) is 44.3 Å². The Labute approximate surface area is 197 Å². The standard InChI is InChI=1S/C24H27ClN2O6/c1-15-5-10-18(22(26)19(28)14-33-17-8-6-16(25)7-9-17)27(15)24(23(29)32-4)12-11-20(30-2)21(13-24)31-3/h5-11,13,22H,12,14,26H2,1-4H3. The Bertz CT molecular complexity index is 1090. The predicted molar refractivity (Wildman–Crippen MR) is 123 cm³/mol. The minimum atomic E-state index is -1.31. The highest BCUT2D eigenvalue weighted by Gasteiger charge is 2.45. The second kappa shape index (κ2) is 10.1. The third-order valence-corrected chi connectivity index (χ3v) is 5.81. The van der Waals surface area contributed by atoms with Gasteiger partial charge in [0.15, 0.2) is 22.8 Å². The molecule has 0 radical (unpaired) electrons. The molecule has 9 heteroatoms. The number of ketones is 1. The predicted octanol–water partition coefficient (Wildman–Crippen LogP) is 3.43. The van der Waals surface area contributed by atoms with Crippen LogP contribution in [0.3, 0.4) is 0 Å². The molecule has 1 heterocycles. The number of ether oxygens (including phenoxy) is 4. The van der Waals surface area contributed by atoms with Crippen molar-refractivity contribution in [2.24, 2.45) is 5.73 Å². The van der Waals surface area contributed by atoms with Gasteiger partial charge in [-0.05, 0) is 55.5 Å². The molecule has 0 saturated carbocycles. The van der Waals surface area contributed by atoms with E-state index in [0.29, 0.717) is 28.0 Å². The molecule has 0 amide bonds. The summed E-state index contributed by atoms with van der Waals surface area (Å²) in [4.78, 5) is 26.0. The van der Waals surface area contributed by atoms with Gasteiger partial charge in [0.05, 0.1) is 21.3 Å². The molecule has 1 aromatic heterocycles. The lowest BCUT2D eigenvalue weighted by molar-refractivity contribution is -0.149. The molecule has 0 spiro atoms. The Hall–Kier alpha value is -3.23. The van der Waals surface area contributed by atoms with Crippen molar-refractivity contribution in [1.29, 1.82) is 0 Å². The second-order valence-corrected chi connectivity index (χ2v) is 7.96. The lowest BCUT2D eigenvalue weighted by Crippen LogP contribution is -2.45. The van der Waals surface area contributed by atoms with Crippen molar-refractivity contribution >= 4 is 23.4 Å². The van der Waals surface area contributed by atoms with Gasteiger partial charge in [-0.1, -0.05) is 11.6 Å². The number of aryl methyl sites for hydroxylation is 1. The molecule has 2 N–H and O–H groups in total. The van der Waals surface area contributed by atoms with E-state index in [4.69, 9.17) is 36.3 Å². The maximum Gasteiger partial charge on any atom is 0.336 e. The number of aromatic nitrogens is 1. The molecule has 176 valence electrons. The quantitative estimate of drug-likeness (QED) is 0.555. The molecule has 1 aromatic carbocycles. The van der Waals surface area contributed by atoms with Crippen LogP contribution in [0.1, 0.15) is 23.9 Å². The monoisotopic (exact) mass is 474 g/mol. The first-order chi connectivity index (χ1) is 15.8. The van der Waals surface area contributed by atoms with E-state index in [2.05, 4.69) is 0 Å². The van der Waals surface area contributed by atoms with E-state index in [1.807, 2.05) is 6.92 Å². The summed E-state index contributed by atoms with van der Waals surface area (Å²) in [7, 11) is 4.31. The summed E-state index contributed by atoms with van der Waals surface area (Å²) in [5, 5.41) is 0.563. The molecular weight excluding hydrogens is 448 g/mol. The molecule has 2 unspecified atom stereocenters. The van der Waals surface area contributed by atoms with E-state index in [-0.39, 0.29) is 18.8 Å². The topological polar surface area (TPSA) is 102 Å². The molecule has 0 saturated heterocycles. The number of benzene rings is 1. The van der Waals surface area contributed by atoms with Gasteiger partial charge in [-0.2, -0.15) is 0 Å². The Kier molecular flexibility index (Phi) is 7.50. The number of nitrogens with two attached hydrogens (primary N) is 1. The van der Waals surface area contributed by atoms with Crippen LogP contribution in [-0.2, 0) is 29.3 Å². The Morgan fingerprint density at radius 2 is 1.76 bits per heavy atom. The van der Waals surface area contributed by atoms with Crippen LogP contribution in [0.25, 0.3) is 0 Å². The zero-order chi connectivity index (χ0) is 24.2.